The van der Waals surface area contributed by atoms with Gasteiger partial charge in [0.15, 0.2) is 11.9 Å². The van der Waals surface area contributed by atoms with E-state index in [0.29, 0.717) is 11.3 Å². The third-order valence-corrected chi connectivity index (χ3v) is 3.82. The van der Waals surface area contributed by atoms with Crippen LogP contribution < -0.4 is 4.74 Å². The van der Waals surface area contributed by atoms with E-state index in [-0.39, 0.29) is 5.78 Å². The molecule has 1 aromatic carbocycles. The fraction of sp³-hybridized carbons (Fsp3) is 0.118. The zero-order valence-electron chi connectivity index (χ0n) is 11.7. The zero-order chi connectivity index (χ0) is 14.9. The molecule has 0 bridgehead atoms. The number of nitrogens with zero attached hydrogens (tertiary/aromatic N) is 3. The molecule has 2 atom stereocenters. The van der Waals surface area contributed by atoms with Gasteiger partial charge in [-0.05, 0) is 18.2 Å². The normalized spacial score (nSPS) is 20.3. The summed E-state index contributed by atoms with van der Waals surface area (Å²) in [5.41, 5.74) is 1.46. The quantitative estimate of drug-likeness (QED) is 0.728. The summed E-state index contributed by atoms with van der Waals surface area (Å²) in [5.74, 6) is 0.631. The van der Waals surface area contributed by atoms with Crippen LogP contribution in [0.4, 0.5) is 0 Å². The smallest absolute Gasteiger partial charge is 0.193 e. The van der Waals surface area contributed by atoms with Gasteiger partial charge >= 0.3 is 0 Å². The molecule has 0 saturated carbocycles. The van der Waals surface area contributed by atoms with Gasteiger partial charge in [0.2, 0.25) is 0 Å². The van der Waals surface area contributed by atoms with Crippen molar-refractivity contribution in [3.63, 3.8) is 0 Å². The first-order chi connectivity index (χ1) is 10.8. The molecule has 22 heavy (non-hydrogen) atoms. The van der Waals surface area contributed by atoms with E-state index in [1.807, 2.05) is 30.3 Å². The zero-order valence-corrected chi connectivity index (χ0v) is 11.7. The Bertz CT molecular complexity index is 800. The molecule has 3 aromatic rings. The van der Waals surface area contributed by atoms with Gasteiger partial charge in [0.1, 0.15) is 11.8 Å². The molecule has 0 radical (unpaired) electrons. The Morgan fingerprint density at radius 1 is 1.05 bits per heavy atom. The average Bonchev–Trinajstić information content (AvgIpc) is 3.10. The number of Topliss-reactive ketones (excluding diaryl/α,β-unsaturated/α-hetero) is 1. The summed E-state index contributed by atoms with van der Waals surface area (Å²) in [4.78, 5) is 21.1. The number of carbonyl (C=O) groups is 1. The Hall–Kier alpha value is -2.95. The first-order valence-corrected chi connectivity index (χ1v) is 7.02. The molecular formula is C17H13N3O2. The number of pyridine rings is 1. The van der Waals surface area contributed by atoms with Gasteiger partial charge in [-0.3, -0.25) is 9.78 Å². The average molecular weight is 291 g/mol. The minimum absolute atomic E-state index is 0.0219. The fourth-order valence-corrected chi connectivity index (χ4v) is 2.79. The summed E-state index contributed by atoms with van der Waals surface area (Å²) in [6.07, 6.45) is 8.09. The third kappa shape index (κ3) is 1.98. The van der Waals surface area contributed by atoms with E-state index in [0.717, 1.165) is 5.56 Å². The number of hydrogen-bond acceptors (Lipinski definition) is 4. The van der Waals surface area contributed by atoms with Gasteiger partial charge < -0.3 is 9.30 Å². The minimum atomic E-state index is -0.485. The van der Waals surface area contributed by atoms with E-state index >= 15 is 0 Å². The fourth-order valence-electron chi connectivity index (χ4n) is 2.79. The molecule has 2 aromatic heterocycles. The molecule has 0 unspecified atom stereocenters. The highest BCUT2D eigenvalue weighted by atomic mass is 16.5. The van der Waals surface area contributed by atoms with Crippen molar-refractivity contribution in [3.8, 4) is 5.75 Å². The lowest BCUT2D eigenvalue weighted by Crippen LogP contribution is -2.33. The number of rotatable bonds is 2. The van der Waals surface area contributed by atoms with E-state index in [1.165, 1.54) is 0 Å². The molecule has 0 spiro atoms. The summed E-state index contributed by atoms with van der Waals surface area (Å²) < 4.78 is 7.90. The van der Waals surface area contributed by atoms with E-state index < -0.39 is 12.1 Å². The number of hydrogen-bond donors (Lipinski definition) is 0. The highest BCUT2D eigenvalue weighted by Crippen LogP contribution is 2.40. The van der Waals surface area contributed by atoms with Crippen LogP contribution in [0.15, 0.2) is 67.5 Å². The SMILES string of the molecule is O=C1c2ccccc2O[C@@H](c2cccnc2)[C@@H]1n1ccnc1. The van der Waals surface area contributed by atoms with Crippen LogP contribution in [0.1, 0.15) is 28.1 Å². The number of para-hydroxylation sites is 1. The molecule has 5 nitrogen and oxygen atoms in total. The van der Waals surface area contributed by atoms with Crippen molar-refractivity contribution in [2.75, 3.05) is 0 Å². The first-order valence-electron chi connectivity index (χ1n) is 7.02. The van der Waals surface area contributed by atoms with E-state index in [9.17, 15) is 4.79 Å². The maximum absolute atomic E-state index is 12.9. The lowest BCUT2D eigenvalue weighted by atomic mass is 9.92. The molecule has 1 aliphatic heterocycles. The van der Waals surface area contributed by atoms with Crippen molar-refractivity contribution in [1.82, 2.24) is 14.5 Å². The second-order valence-electron chi connectivity index (χ2n) is 5.14. The molecule has 0 saturated heterocycles. The lowest BCUT2D eigenvalue weighted by Gasteiger charge is -2.33. The van der Waals surface area contributed by atoms with Crippen molar-refractivity contribution < 1.29 is 9.53 Å². The Balaban J connectivity index is 1.86. The monoisotopic (exact) mass is 291 g/mol. The van der Waals surface area contributed by atoms with E-state index in [2.05, 4.69) is 9.97 Å². The topological polar surface area (TPSA) is 57.0 Å². The molecule has 4 rings (SSSR count). The van der Waals surface area contributed by atoms with Gasteiger partial charge in [0, 0.05) is 30.4 Å². The molecule has 0 N–H and O–H groups in total. The van der Waals surface area contributed by atoms with Gasteiger partial charge in [-0.25, -0.2) is 4.98 Å². The number of ether oxygens (including phenoxy) is 1. The van der Waals surface area contributed by atoms with Crippen molar-refractivity contribution in [3.05, 3.63) is 78.6 Å². The molecule has 0 fully saturated rings. The highest BCUT2D eigenvalue weighted by molar-refractivity contribution is 6.02. The standard InChI is InChI=1S/C17H13N3O2/c21-16-13-5-1-2-6-14(13)22-17(12-4-3-7-18-10-12)15(16)20-9-8-19-11-20/h1-11,15,17H/t15-,17+/m1/s1. The third-order valence-electron chi connectivity index (χ3n) is 3.82. The van der Waals surface area contributed by atoms with E-state index in [4.69, 9.17) is 4.74 Å². The van der Waals surface area contributed by atoms with E-state index in [1.54, 1.807) is 41.7 Å². The number of carbonyl (C=O) groups excluding carboxylic acids is 1. The van der Waals surface area contributed by atoms with Crippen LogP contribution >= 0.6 is 0 Å². The van der Waals surface area contributed by atoms with Gasteiger partial charge in [0.25, 0.3) is 0 Å². The van der Waals surface area contributed by atoms with Crippen LogP contribution in [0.2, 0.25) is 0 Å². The number of aromatic nitrogens is 3. The Labute approximate surface area is 127 Å². The van der Waals surface area contributed by atoms with Gasteiger partial charge in [-0.2, -0.15) is 0 Å². The van der Waals surface area contributed by atoms with Crippen LogP contribution in [0.5, 0.6) is 5.75 Å². The van der Waals surface area contributed by atoms with Crippen molar-refractivity contribution in [2.45, 2.75) is 12.1 Å². The lowest BCUT2D eigenvalue weighted by molar-refractivity contribution is 0.0676. The minimum Gasteiger partial charge on any atom is -0.482 e. The Morgan fingerprint density at radius 2 is 1.95 bits per heavy atom. The molecule has 5 heteroatoms. The summed E-state index contributed by atoms with van der Waals surface area (Å²) in [6, 6.07) is 10.6. The van der Waals surface area contributed by atoms with Crippen LogP contribution in [0.25, 0.3) is 0 Å². The number of fused-ring (bicyclic) bond motifs is 1. The van der Waals surface area contributed by atoms with Crippen molar-refractivity contribution >= 4 is 5.78 Å². The molecule has 0 aliphatic carbocycles. The first kappa shape index (κ1) is 12.8. The summed E-state index contributed by atoms with van der Waals surface area (Å²) >= 11 is 0. The number of benzene rings is 1. The number of imidazole rings is 1. The molecular weight excluding hydrogens is 278 g/mol. The Morgan fingerprint density at radius 3 is 2.73 bits per heavy atom. The Kier molecular flexibility index (Phi) is 2.96. The maximum Gasteiger partial charge on any atom is 0.193 e. The maximum atomic E-state index is 12.9. The molecule has 1 aliphatic rings. The van der Waals surface area contributed by atoms with Crippen LogP contribution in [0.3, 0.4) is 0 Å². The molecule has 3 heterocycles. The second-order valence-corrected chi connectivity index (χ2v) is 5.14. The van der Waals surface area contributed by atoms with Crippen molar-refractivity contribution in [1.29, 1.82) is 0 Å². The van der Waals surface area contributed by atoms with Gasteiger partial charge in [0.05, 0.1) is 11.9 Å². The summed E-state index contributed by atoms with van der Waals surface area (Å²) in [5, 5.41) is 0. The second kappa shape index (κ2) is 5.11. The van der Waals surface area contributed by atoms with Crippen LogP contribution in [-0.4, -0.2) is 20.3 Å². The number of ketones is 1. The van der Waals surface area contributed by atoms with Crippen LogP contribution in [0, 0.1) is 0 Å². The predicted molar refractivity (Wildman–Crippen MR) is 79.6 cm³/mol. The predicted octanol–water partition coefficient (Wildman–Crippen LogP) is 2.84. The van der Waals surface area contributed by atoms with Gasteiger partial charge in [-0.1, -0.05) is 18.2 Å². The summed E-state index contributed by atoms with van der Waals surface area (Å²) in [7, 11) is 0. The van der Waals surface area contributed by atoms with Gasteiger partial charge in [-0.15, -0.1) is 0 Å². The summed E-state index contributed by atoms with van der Waals surface area (Å²) in [6.45, 7) is 0. The molecule has 0 amide bonds. The van der Waals surface area contributed by atoms with Crippen molar-refractivity contribution in [2.24, 2.45) is 0 Å². The molecule has 108 valence electrons. The van der Waals surface area contributed by atoms with Crippen LogP contribution in [-0.2, 0) is 0 Å². The highest BCUT2D eigenvalue weighted by Gasteiger charge is 2.39. The largest absolute Gasteiger partial charge is 0.482 e.